The van der Waals surface area contributed by atoms with Gasteiger partial charge in [0.25, 0.3) is 0 Å². The Kier molecular flexibility index (Phi) is 7.02. The van der Waals surface area contributed by atoms with Crippen LogP contribution in [0.15, 0.2) is 18.2 Å². The van der Waals surface area contributed by atoms with Crippen LogP contribution < -0.4 is 5.32 Å². The largest absolute Gasteiger partial charge is 0.444 e. The minimum Gasteiger partial charge on any atom is -0.444 e. The average Bonchev–Trinajstić information content (AvgIpc) is 2.44. The number of carbonyl (C=O) groups excluding carboxylic acids is 2. The highest BCUT2D eigenvalue weighted by atomic mass is 35.5. The van der Waals surface area contributed by atoms with Gasteiger partial charge in [-0.2, -0.15) is 0 Å². The van der Waals surface area contributed by atoms with Crippen LogP contribution in [0.1, 0.15) is 40.2 Å². The molecule has 134 valence electrons. The molecule has 5 nitrogen and oxygen atoms in total. The lowest BCUT2D eigenvalue weighted by atomic mass is 10.2. The zero-order chi connectivity index (χ0) is 18.5. The van der Waals surface area contributed by atoms with E-state index >= 15 is 0 Å². The number of carbonyl (C=O) groups is 2. The van der Waals surface area contributed by atoms with Crippen molar-refractivity contribution in [2.75, 3.05) is 6.54 Å². The van der Waals surface area contributed by atoms with Gasteiger partial charge in [0.15, 0.2) is 0 Å². The second-order valence-corrected chi connectivity index (χ2v) is 7.10. The summed E-state index contributed by atoms with van der Waals surface area (Å²) in [5.41, 5.74) is -0.367. The minimum absolute atomic E-state index is 0.000638. The molecule has 1 rings (SSSR count). The number of amides is 2. The van der Waals surface area contributed by atoms with Crippen LogP contribution in [0, 0.1) is 5.82 Å². The predicted molar refractivity (Wildman–Crippen MR) is 91.3 cm³/mol. The number of nitrogens with one attached hydrogen (secondary N) is 1. The fraction of sp³-hybridized carbons (Fsp3) is 0.529. The van der Waals surface area contributed by atoms with E-state index in [-0.39, 0.29) is 29.7 Å². The molecule has 1 aromatic rings. The van der Waals surface area contributed by atoms with Crippen LogP contribution in [0.3, 0.4) is 0 Å². The van der Waals surface area contributed by atoms with Gasteiger partial charge in [0.2, 0.25) is 5.91 Å². The van der Waals surface area contributed by atoms with Gasteiger partial charge in [-0.25, -0.2) is 9.18 Å². The second kappa shape index (κ2) is 8.33. The Morgan fingerprint density at radius 3 is 2.50 bits per heavy atom. The normalized spacial score (nSPS) is 11.3. The van der Waals surface area contributed by atoms with Crippen molar-refractivity contribution in [3.63, 3.8) is 0 Å². The maximum Gasteiger partial charge on any atom is 0.410 e. The number of hydrogen-bond donors (Lipinski definition) is 1. The fourth-order valence-corrected chi connectivity index (χ4v) is 2.06. The van der Waals surface area contributed by atoms with E-state index in [0.717, 1.165) is 0 Å². The van der Waals surface area contributed by atoms with Crippen LogP contribution >= 0.6 is 11.6 Å². The lowest BCUT2D eigenvalue weighted by Crippen LogP contribution is -2.46. The van der Waals surface area contributed by atoms with E-state index < -0.39 is 23.4 Å². The van der Waals surface area contributed by atoms with E-state index in [2.05, 4.69) is 5.32 Å². The van der Waals surface area contributed by atoms with Gasteiger partial charge in [0, 0.05) is 18.2 Å². The van der Waals surface area contributed by atoms with Gasteiger partial charge in [0.1, 0.15) is 18.0 Å². The third kappa shape index (κ3) is 6.35. The standard InChI is InChI=1S/C17H24ClFN2O3/c1-11(2)21(16(23)24-17(3,4)5)10-14(22)20-9-12-7-6-8-13(18)15(12)19/h6-8,11H,9-10H2,1-5H3,(H,20,22). The molecule has 0 heterocycles. The van der Waals surface area contributed by atoms with Gasteiger partial charge in [-0.1, -0.05) is 23.7 Å². The highest BCUT2D eigenvalue weighted by molar-refractivity contribution is 6.30. The Morgan fingerprint density at radius 2 is 1.96 bits per heavy atom. The maximum atomic E-state index is 13.8. The first-order chi connectivity index (χ1) is 11.0. The monoisotopic (exact) mass is 358 g/mol. The zero-order valence-corrected chi connectivity index (χ0v) is 15.4. The van der Waals surface area contributed by atoms with Gasteiger partial charge in [-0.05, 0) is 40.7 Å². The third-order valence-electron chi connectivity index (χ3n) is 3.07. The molecule has 0 aromatic heterocycles. The SMILES string of the molecule is CC(C)N(CC(=O)NCc1cccc(Cl)c1F)C(=O)OC(C)(C)C. The molecule has 24 heavy (non-hydrogen) atoms. The first-order valence-electron chi connectivity index (χ1n) is 7.70. The summed E-state index contributed by atoms with van der Waals surface area (Å²) in [6, 6.07) is 4.36. The molecule has 0 saturated carbocycles. The molecule has 0 bridgehead atoms. The predicted octanol–water partition coefficient (Wildman–Crippen LogP) is 3.74. The summed E-state index contributed by atoms with van der Waals surface area (Å²) in [5.74, 6) is -0.971. The zero-order valence-electron chi connectivity index (χ0n) is 14.7. The second-order valence-electron chi connectivity index (χ2n) is 6.69. The molecule has 0 atom stereocenters. The van der Waals surface area contributed by atoms with Crippen LogP contribution in [-0.4, -0.2) is 35.1 Å². The van der Waals surface area contributed by atoms with Crippen molar-refractivity contribution < 1.29 is 18.7 Å². The molecule has 7 heteroatoms. The van der Waals surface area contributed by atoms with Crippen LogP contribution in [0.25, 0.3) is 0 Å². The molecule has 0 radical (unpaired) electrons. The number of benzene rings is 1. The van der Waals surface area contributed by atoms with Gasteiger partial charge < -0.3 is 10.1 Å². The Hall–Kier alpha value is -1.82. The highest BCUT2D eigenvalue weighted by Gasteiger charge is 2.25. The molecule has 1 N–H and O–H groups in total. The quantitative estimate of drug-likeness (QED) is 0.872. The van der Waals surface area contributed by atoms with Crippen molar-refractivity contribution >= 4 is 23.6 Å². The Bertz CT molecular complexity index is 600. The molecule has 0 aliphatic carbocycles. The number of nitrogens with zero attached hydrogens (tertiary/aromatic N) is 1. The van der Waals surface area contributed by atoms with Crippen molar-refractivity contribution in [3.05, 3.63) is 34.6 Å². The van der Waals surface area contributed by atoms with Crippen molar-refractivity contribution in [1.29, 1.82) is 0 Å². The summed E-state index contributed by atoms with van der Waals surface area (Å²) in [4.78, 5) is 25.6. The summed E-state index contributed by atoms with van der Waals surface area (Å²) in [6.07, 6.45) is -0.568. The van der Waals surface area contributed by atoms with E-state index in [1.165, 1.54) is 17.0 Å². The number of hydrogen-bond acceptors (Lipinski definition) is 3. The molecular formula is C17H24ClFN2O3. The van der Waals surface area contributed by atoms with E-state index in [9.17, 15) is 14.0 Å². The molecule has 0 spiro atoms. The minimum atomic E-state index is -0.648. The van der Waals surface area contributed by atoms with Gasteiger partial charge in [0.05, 0.1) is 5.02 Å². The van der Waals surface area contributed by atoms with Crippen LogP contribution in [-0.2, 0) is 16.1 Å². The summed E-state index contributed by atoms with van der Waals surface area (Å²) >= 11 is 5.70. The number of rotatable bonds is 5. The Labute approximate surface area is 147 Å². The summed E-state index contributed by atoms with van der Waals surface area (Å²) in [6.45, 7) is 8.66. The van der Waals surface area contributed by atoms with E-state index in [0.29, 0.717) is 0 Å². The first-order valence-corrected chi connectivity index (χ1v) is 8.08. The highest BCUT2D eigenvalue weighted by Crippen LogP contribution is 2.17. The lowest BCUT2D eigenvalue weighted by Gasteiger charge is -2.29. The molecular weight excluding hydrogens is 335 g/mol. The molecule has 0 aliphatic heterocycles. The Balaban J connectivity index is 2.66. The van der Waals surface area contributed by atoms with Gasteiger partial charge in [-0.15, -0.1) is 0 Å². The smallest absolute Gasteiger partial charge is 0.410 e. The molecule has 0 saturated heterocycles. The number of ether oxygens (including phenoxy) is 1. The topological polar surface area (TPSA) is 58.6 Å². The Morgan fingerprint density at radius 1 is 1.33 bits per heavy atom. The summed E-state index contributed by atoms with van der Waals surface area (Å²) in [5, 5.41) is 2.58. The van der Waals surface area contributed by atoms with Gasteiger partial charge in [-0.3, -0.25) is 9.69 Å². The van der Waals surface area contributed by atoms with Crippen molar-refractivity contribution in [3.8, 4) is 0 Å². The lowest BCUT2D eigenvalue weighted by molar-refractivity contribution is -0.122. The van der Waals surface area contributed by atoms with Crippen molar-refractivity contribution in [2.45, 2.75) is 52.8 Å². The van der Waals surface area contributed by atoms with Crippen molar-refractivity contribution in [1.82, 2.24) is 10.2 Å². The molecule has 2 amide bonds. The van der Waals surface area contributed by atoms with E-state index in [1.807, 2.05) is 0 Å². The van der Waals surface area contributed by atoms with Gasteiger partial charge >= 0.3 is 6.09 Å². The molecule has 1 aromatic carbocycles. The third-order valence-corrected chi connectivity index (χ3v) is 3.36. The average molecular weight is 359 g/mol. The van der Waals surface area contributed by atoms with E-state index in [4.69, 9.17) is 16.3 Å². The number of halogens is 2. The summed E-state index contributed by atoms with van der Waals surface area (Å²) < 4.78 is 19.1. The molecule has 0 unspecified atom stereocenters. The van der Waals surface area contributed by atoms with E-state index in [1.54, 1.807) is 40.7 Å². The first kappa shape index (κ1) is 20.2. The molecule has 0 fully saturated rings. The summed E-state index contributed by atoms with van der Waals surface area (Å²) in [7, 11) is 0. The maximum absolute atomic E-state index is 13.8. The van der Waals surface area contributed by atoms with Crippen LogP contribution in [0.4, 0.5) is 9.18 Å². The fourth-order valence-electron chi connectivity index (χ4n) is 1.87. The van der Waals surface area contributed by atoms with Crippen LogP contribution in [0.5, 0.6) is 0 Å². The molecule has 0 aliphatic rings. The van der Waals surface area contributed by atoms with Crippen LogP contribution in [0.2, 0.25) is 5.02 Å². The van der Waals surface area contributed by atoms with Crippen molar-refractivity contribution in [2.24, 2.45) is 0 Å².